The number of halogens is 1. The Balaban J connectivity index is 2.14. The smallest absolute Gasteiger partial charge is 0.253 e. The first-order valence-electron chi connectivity index (χ1n) is 6.15. The van der Waals surface area contributed by atoms with Crippen molar-refractivity contribution in [1.29, 1.82) is 0 Å². The summed E-state index contributed by atoms with van der Waals surface area (Å²) < 4.78 is 11.2. The van der Waals surface area contributed by atoms with Crippen molar-refractivity contribution < 1.29 is 13.9 Å². The number of ether oxygens (including phenoxy) is 1. The van der Waals surface area contributed by atoms with Crippen LogP contribution in [-0.4, -0.2) is 25.0 Å². The number of benzene rings is 1. The molecule has 0 aliphatic heterocycles. The number of aryl methyl sites for hydroxylation is 1. The Morgan fingerprint density at radius 2 is 2.15 bits per heavy atom. The topological polar surface area (TPSA) is 42.7 Å². The molecule has 0 bridgehead atoms. The first-order chi connectivity index (χ1) is 9.52. The van der Waals surface area contributed by atoms with Crippen molar-refractivity contribution in [3.63, 3.8) is 0 Å². The Morgan fingerprint density at radius 3 is 2.70 bits per heavy atom. The van der Waals surface area contributed by atoms with Crippen LogP contribution in [0, 0.1) is 6.92 Å². The number of furan rings is 1. The molecule has 106 valence electrons. The molecular formula is C15H16BrNO3. The summed E-state index contributed by atoms with van der Waals surface area (Å²) in [6.07, 6.45) is 1.63. The van der Waals surface area contributed by atoms with E-state index in [1.807, 2.05) is 13.0 Å². The molecule has 0 aliphatic carbocycles. The van der Waals surface area contributed by atoms with Crippen LogP contribution in [-0.2, 0) is 6.54 Å². The number of nitrogens with zero attached hydrogens (tertiary/aromatic N) is 1. The molecule has 0 saturated heterocycles. The lowest BCUT2D eigenvalue weighted by molar-refractivity contribution is 0.0784. The van der Waals surface area contributed by atoms with E-state index in [1.165, 1.54) is 0 Å². The monoisotopic (exact) mass is 337 g/mol. The van der Waals surface area contributed by atoms with Crippen LogP contribution in [0.15, 0.2) is 39.4 Å². The van der Waals surface area contributed by atoms with Crippen LogP contribution < -0.4 is 4.74 Å². The molecule has 0 spiro atoms. The first-order valence-corrected chi connectivity index (χ1v) is 6.94. The highest BCUT2D eigenvalue weighted by Crippen LogP contribution is 2.26. The number of carbonyl (C=O) groups is 1. The average Bonchev–Trinajstić information content (AvgIpc) is 2.83. The number of rotatable bonds is 4. The fraction of sp³-hybridized carbons (Fsp3) is 0.267. The fourth-order valence-electron chi connectivity index (χ4n) is 1.92. The Morgan fingerprint density at radius 1 is 1.40 bits per heavy atom. The highest BCUT2D eigenvalue weighted by molar-refractivity contribution is 9.10. The molecule has 1 heterocycles. The third-order valence-electron chi connectivity index (χ3n) is 3.12. The largest absolute Gasteiger partial charge is 0.496 e. The SMILES string of the molecule is COc1ccc(C(=O)N(C)Cc2ccoc2C)cc1Br. The van der Waals surface area contributed by atoms with Crippen LogP contribution in [0.5, 0.6) is 5.75 Å². The molecule has 20 heavy (non-hydrogen) atoms. The molecule has 5 heteroatoms. The Kier molecular flexibility index (Phi) is 4.49. The molecule has 0 atom stereocenters. The van der Waals surface area contributed by atoms with E-state index in [1.54, 1.807) is 43.5 Å². The predicted octanol–water partition coefficient (Wildman–Crippen LogP) is 3.63. The predicted molar refractivity (Wildman–Crippen MR) is 79.9 cm³/mol. The minimum absolute atomic E-state index is 0.0473. The van der Waals surface area contributed by atoms with E-state index >= 15 is 0 Å². The second kappa shape index (κ2) is 6.13. The maximum absolute atomic E-state index is 12.4. The van der Waals surface area contributed by atoms with Gasteiger partial charge in [-0.3, -0.25) is 4.79 Å². The minimum Gasteiger partial charge on any atom is -0.496 e. The van der Waals surface area contributed by atoms with Crippen molar-refractivity contribution >= 4 is 21.8 Å². The van der Waals surface area contributed by atoms with Crippen LogP contribution in [0.1, 0.15) is 21.7 Å². The van der Waals surface area contributed by atoms with Crippen LogP contribution in [0.4, 0.5) is 0 Å². The highest BCUT2D eigenvalue weighted by Gasteiger charge is 2.15. The zero-order valence-corrected chi connectivity index (χ0v) is 13.2. The van der Waals surface area contributed by atoms with E-state index < -0.39 is 0 Å². The third kappa shape index (κ3) is 3.04. The minimum atomic E-state index is -0.0473. The van der Waals surface area contributed by atoms with Gasteiger partial charge in [0.05, 0.1) is 17.8 Å². The van der Waals surface area contributed by atoms with Gasteiger partial charge in [-0.2, -0.15) is 0 Å². The van der Waals surface area contributed by atoms with Gasteiger partial charge in [0.25, 0.3) is 5.91 Å². The second-order valence-corrected chi connectivity index (χ2v) is 5.37. The molecule has 1 amide bonds. The molecule has 2 rings (SSSR count). The van der Waals surface area contributed by atoms with Gasteiger partial charge in [-0.25, -0.2) is 0 Å². The number of amides is 1. The van der Waals surface area contributed by atoms with E-state index in [4.69, 9.17) is 9.15 Å². The van der Waals surface area contributed by atoms with Gasteiger partial charge >= 0.3 is 0 Å². The maximum atomic E-state index is 12.4. The maximum Gasteiger partial charge on any atom is 0.253 e. The van der Waals surface area contributed by atoms with E-state index in [0.29, 0.717) is 17.9 Å². The van der Waals surface area contributed by atoms with Gasteiger partial charge < -0.3 is 14.1 Å². The van der Waals surface area contributed by atoms with Crippen molar-refractivity contribution in [1.82, 2.24) is 4.90 Å². The molecule has 4 nitrogen and oxygen atoms in total. The lowest BCUT2D eigenvalue weighted by Crippen LogP contribution is -2.26. The Bertz CT molecular complexity index is 621. The molecule has 0 radical (unpaired) electrons. The quantitative estimate of drug-likeness (QED) is 0.855. The summed E-state index contributed by atoms with van der Waals surface area (Å²) >= 11 is 3.39. The van der Waals surface area contributed by atoms with Crippen LogP contribution in [0.25, 0.3) is 0 Å². The average molecular weight is 338 g/mol. The summed E-state index contributed by atoms with van der Waals surface area (Å²) in [6.45, 7) is 2.41. The normalized spacial score (nSPS) is 10.4. The standard InChI is InChI=1S/C15H16BrNO3/c1-10-12(6-7-20-10)9-17(2)15(18)11-4-5-14(19-3)13(16)8-11/h4-8H,9H2,1-3H3. The Hall–Kier alpha value is -1.75. The summed E-state index contributed by atoms with van der Waals surface area (Å²) in [4.78, 5) is 14.0. The zero-order chi connectivity index (χ0) is 14.7. The van der Waals surface area contributed by atoms with Crippen molar-refractivity contribution in [2.75, 3.05) is 14.2 Å². The molecule has 0 unspecified atom stereocenters. The van der Waals surface area contributed by atoms with Gasteiger partial charge in [0.2, 0.25) is 0 Å². The van der Waals surface area contributed by atoms with Crippen molar-refractivity contribution in [3.8, 4) is 5.75 Å². The van der Waals surface area contributed by atoms with Gasteiger partial charge in [0.15, 0.2) is 0 Å². The number of carbonyl (C=O) groups excluding carboxylic acids is 1. The molecule has 1 aromatic heterocycles. The van der Waals surface area contributed by atoms with E-state index in [-0.39, 0.29) is 5.91 Å². The summed E-state index contributed by atoms with van der Waals surface area (Å²) in [5.41, 5.74) is 1.62. The van der Waals surface area contributed by atoms with Crippen molar-refractivity contribution in [3.05, 3.63) is 51.9 Å². The third-order valence-corrected chi connectivity index (χ3v) is 3.74. The van der Waals surface area contributed by atoms with Gasteiger partial charge in [0, 0.05) is 24.7 Å². The van der Waals surface area contributed by atoms with Crippen molar-refractivity contribution in [2.45, 2.75) is 13.5 Å². The van der Waals surface area contributed by atoms with Crippen LogP contribution >= 0.6 is 15.9 Å². The number of methoxy groups -OCH3 is 1. The molecule has 0 N–H and O–H groups in total. The van der Waals surface area contributed by atoms with Gasteiger partial charge in [-0.1, -0.05) is 0 Å². The zero-order valence-electron chi connectivity index (χ0n) is 11.6. The van der Waals surface area contributed by atoms with Gasteiger partial charge in [-0.15, -0.1) is 0 Å². The van der Waals surface area contributed by atoms with E-state index in [9.17, 15) is 4.79 Å². The first kappa shape index (κ1) is 14.7. The van der Waals surface area contributed by atoms with E-state index in [2.05, 4.69) is 15.9 Å². The number of hydrogen-bond donors (Lipinski definition) is 0. The number of hydrogen-bond acceptors (Lipinski definition) is 3. The summed E-state index contributed by atoms with van der Waals surface area (Å²) in [6, 6.07) is 7.17. The highest BCUT2D eigenvalue weighted by atomic mass is 79.9. The lowest BCUT2D eigenvalue weighted by Gasteiger charge is -2.17. The van der Waals surface area contributed by atoms with Gasteiger partial charge in [0.1, 0.15) is 11.5 Å². The van der Waals surface area contributed by atoms with E-state index in [0.717, 1.165) is 15.8 Å². The molecule has 0 fully saturated rings. The Labute approximate surface area is 126 Å². The second-order valence-electron chi connectivity index (χ2n) is 4.51. The summed E-state index contributed by atoms with van der Waals surface area (Å²) in [5, 5.41) is 0. The van der Waals surface area contributed by atoms with Crippen molar-refractivity contribution in [2.24, 2.45) is 0 Å². The van der Waals surface area contributed by atoms with Crippen LogP contribution in [0.3, 0.4) is 0 Å². The summed E-state index contributed by atoms with van der Waals surface area (Å²) in [7, 11) is 3.36. The van der Waals surface area contributed by atoms with Gasteiger partial charge in [-0.05, 0) is 47.1 Å². The lowest BCUT2D eigenvalue weighted by atomic mass is 10.1. The summed E-state index contributed by atoms with van der Waals surface area (Å²) in [5.74, 6) is 1.49. The molecular weight excluding hydrogens is 322 g/mol. The molecule has 0 saturated carbocycles. The fourth-order valence-corrected chi connectivity index (χ4v) is 2.46. The molecule has 1 aromatic carbocycles. The van der Waals surface area contributed by atoms with Crippen LogP contribution in [0.2, 0.25) is 0 Å². The molecule has 0 aliphatic rings. The molecule has 2 aromatic rings.